The number of carbonyl (C=O) groups excluding carboxylic acids is 1. The fraction of sp³-hybridized carbons (Fsp3) is 0.929. The van der Waals surface area contributed by atoms with E-state index >= 15 is 0 Å². The highest BCUT2D eigenvalue weighted by molar-refractivity contribution is 5.79. The second-order valence-electron chi connectivity index (χ2n) is 5.85. The highest BCUT2D eigenvalue weighted by Gasteiger charge is 2.32. The van der Waals surface area contributed by atoms with Crippen LogP contribution in [0.2, 0.25) is 0 Å². The molecule has 2 saturated carbocycles. The summed E-state index contributed by atoms with van der Waals surface area (Å²) in [6.45, 7) is 0.602. The Kier molecular flexibility index (Phi) is 5.01. The van der Waals surface area contributed by atoms with Crippen LogP contribution in [0.25, 0.3) is 0 Å². The summed E-state index contributed by atoms with van der Waals surface area (Å²) in [6, 6.07) is -0.0356. The van der Waals surface area contributed by atoms with Crippen molar-refractivity contribution in [3.8, 4) is 0 Å². The van der Waals surface area contributed by atoms with Crippen LogP contribution in [0.4, 0.5) is 0 Å². The average Bonchev–Trinajstić information content (AvgIpc) is 2.41. The smallest absolute Gasteiger partial charge is 0.223 e. The number of carbonyl (C=O) groups is 1. The van der Waals surface area contributed by atoms with Gasteiger partial charge in [-0.25, -0.2) is 0 Å². The van der Waals surface area contributed by atoms with Crippen molar-refractivity contribution in [2.75, 3.05) is 6.54 Å². The highest BCUT2D eigenvalue weighted by atomic mass is 16.3. The second kappa shape index (κ2) is 6.53. The summed E-state index contributed by atoms with van der Waals surface area (Å²) in [4.78, 5) is 12.3. The molecule has 0 aromatic carbocycles. The molecule has 1 amide bonds. The third kappa shape index (κ3) is 3.23. The van der Waals surface area contributed by atoms with Crippen LogP contribution in [0.3, 0.4) is 0 Å². The summed E-state index contributed by atoms with van der Waals surface area (Å²) < 4.78 is 0. The lowest BCUT2D eigenvalue weighted by atomic mass is 9.78. The number of hydrogen-bond donors (Lipinski definition) is 3. The lowest BCUT2D eigenvalue weighted by Gasteiger charge is -2.33. The van der Waals surface area contributed by atoms with Crippen molar-refractivity contribution in [2.24, 2.45) is 17.6 Å². The standard InChI is InChI=1S/C14H26N2O2/c15-9-10-5-1-2-6-11(10)14(18)16-12-7-3-4-8-13(12)17/h10-13,17H,1-9,15H2,(H,16,18)/t10?,11?,12-,13-/m0/s1. The number of aliphatic hydroxyl groups excluding tert-OH is 1. The van der Waals surface area contributed by atoms with Crippen LogP contribution >= 0.6 is 0 Å². The molecule has 104 valence electrons. The molecule has 18 heavy (non-hydrogen) atoms. The van der Waals surface area contributed by atoms with E-state index in [1.54, 1.807) is 0 Å². The van der Waals surface area contributed by atoms with E-state index in [0.717, 1.165) is 44.9 Å². The van der Waals surface area contributed by atoms with Crippen LogP contribution < -0.4 is 11.1 Å². The van der Waals surface area contributed by atoms with Gasteiger partial charge in [0.05, 0.1) is 12.1 Å². The number of nitrogens with one attached hydrogen (secondary N) is 1. The average molecular weight is 254 g/mol. The summed E-state index contributed by atoms with van der Waals surface area (Å²) in [5.41, 5.74) is 5.76. The van der Waals surface area contributed by atoms with Crippen LogP contribution in [-0.2, 0) is 4.79 Å². The fourth-order valence-corrected chi connectivity index (χ4v) is 3.40. The van der Waals surface area contributed by atoms with Gasteiger partial charge < -0.3 is 16.2 Å². The fourth-order valence-electron chi connectivity index (χ4n) is 3.40. The Morgan fingerprint density at radius 3 is 2.50 bits per heavy atom. The SMILES string of the molecule is NCC1CCCCC1C(=O)N[C@H]1CCCC[C@@H]1O. The zero-order valence-electron chi connectivity index (χ0n) is 11.1. The van der Waals surface area contributed by atoms with E-state index in [1.165, 1.54) is 6.42 Å². The van der Waals surface area contributed by atoms with Crippen molar-refractivity contribution in [1.29, 1.82) is 0 Å². The molecule has 2 aliphatic carbocycles. The third-order valence-electron chi connectivity index (χ3n) is 4.61. The predicted molar refractivity (Wildman–Crippen MR) is 70.9 cm³/mol. The monoisotopic (exact) mass is 254 g/mol. The highest BCUT2D eigenvalue weighted by Crippen LogP contribution is 2.30. The van der Waals surface area contributed by atoms with Crippen molar-refractivity contribution in [3.05, 3.63) is 0 Å². The predicted octanol–water partition coefficient (Wildman–Crippen LogP) is 1.17. The van der Waals surface area contributed by atoms with Crippen molar-refractivity contribution in [3.63, 3.8) is 0 Å². The molecular formula is C14H26N2O2. The number of nitrogens with two attached hydrogens (primary N) is 1. The Bertz CT molecular complexity index is 283. The first-order valence-electron chi connectivity index (χ1n) is 7.41. The summed E-state index contributed by atoms with van der Waals surface area (Å²) in [5.74, 6) is 0.522. The van der Waals surface area contributed by atoms with Crippen molar-refractivity contribution in [1.82, 2.24) is 5.32 Å². The second-order valence-corrected chi connectivity index (χ2v) is 5.85. The number of hydrogen-bond acceptors (Lipinski definition) is 3. The van der Waals surface area contributed by atoms with E-state index in [4.69, 9.17) is 5.73 Å². The summed E-state index contributed by atoms with van der Waals surface area (Å²) in [7, 11) is 0. The molecule has 0 spiro atoms. The van der Waals surface area contributed by atoms with Gasteiger partial charge in [0.25, 0.3) is 0 Å². The maximum atomic E-state index is 12.3. The molecular weight excluding hydrogens is 228 g/mol. The van der Waals surface area contributed by atoms with Gasteiger partial charge in [0.15, 0.2) is 0 Å². The Balaban J connectivity index is 1.89. The van der Waals surface area contributed by atoms with Gasteiger partial charge in [-0.3, -0.25) is 4.79 Å². The van der Waals surface area contributed by atoms with Crippen LogP contribution in [0, 0.1) is 11.8 Å². The Morgan fingerprint density at radius 1 is 1.11 bits per heavy atom. The first-order chi connectivity index (χ1) is 8.72. The largest absolute Gasteiger partial charge is 0.391 e. The molecule has 4 N–H and O–H groups in total. The topological polar surface area (TPSA) is 75.4 Å². The van der Waals surface area contributed by atoms with Gasteiger partial charge >= 0.3 is 0 Å². The van der Waals surface area contributed by atoms with Crippen LogP contribution in [-0.4, -0.2) is 29.7 Å². The lowest BCUT2D eigenvalue weighted by Crippen LogP contribution is -2.49. The minimum Gasteiger partial charge on any atom is -0.391 e. The Labute approximate surface area is 109 Å². The van der Waals surface area contributed by atoms with Crippen molar-refractivity contribution < 1.29 is 9.90 Å². The first-order valence-corrected chi connectivity index (χ1v) is 7.41. The van der Waals surface area contributed by atoms with Gasteiger partial charge in [-0.15, -0.1) is 0 Å². The zero-order chi connectivity index (χ0) is 13.0. The van der Waals surface area contributed by atoms with Crippen LogP contribution in [0.5, 0.6) is 0 Å². The van der Waals surface area contributed by atoms with Crippen molar-refractivity contribution >= 4 is 5.91 Å². The van der Waals surface area contributed by atoms with E-state index < -0.39 is 0 Å². The molecule has 0 aliphatic heterocycles. The van der Waals surface area contributed by atoms with Gasteiger partial charge in [-0.2, -0.15) is 0 Å². The molecule has 0 aromatic heterocycles. The lowest BCUT2D eigenvalue weighted by molar-refractivity contribution is -0.129. The number of rotatable bonds is 3. The van der Waals surface area contributed by atoms with Gasteiger partial charge in [0.2, 0.25) is 5.91 Å². The van der Waals surface area contributed by atoms with E-state index in [-0.39, 0.29) is 24.0 Å². The maximum Gasteiger partial charge on any atom is 0.223 e. The summed E-state index contributed by atoms with van der Waals surface area (Å²) in [6.07, 6.45) is 7.89. The molecule has 4 heteroatoms. The normalized spacial score (nSPS) is 37.2. The van der Waals surface area contributed by atoms with Crippen LogP contribution in [0.15, 0.2) is 0 Å². The van der Waals surface area contributed by atoms with E-state index in [9.17, 15) is 9.90 Å². The minimum absolute atomic E-state index is 0.0356. The zero-order valence-corrected chi connectivity index (χ0v) is 11.1. The molecule has 0 aromatic rings. The van der Waals surface area contributed by atoms with E-state index in [0.29, 0.717) is 12.5 Å². The molecule has 2 fully saturated rings. The molecule has 2 aliphatic rings. The molecule has 0 radical (unpaired) electrons. The Morgan fingerprint density at radius 2 is 1.78 bits per heavy atom. The summed E-state index contributed by atoms with van der Waals surface area (Å²) >= 11 is 0. The Hall–Kier alpha value is -0.610. The molecule has 2 unspecified atom stereocenters. The van der Waals surface area contributed by atoms with Gasteiger partial charge in [-0.1, -0.05) is 25.7 Å². The van der Waals surface area contributed by atoms with Gasteiger partial charge in [-0.05, 0) is 38.1 Å². The minimum atomic E-state index is -0.359. The molecule has 4 atom stereocenters. The van der Waals surface area contributed by atoms with E-state index in [2.05, 4.69) is 5.32 Å². The quantitative estimate of drug-likeness (QED) is 0.707. The first kappa shape index (κ1) is 13.8. The van der Waals surface area contributed by atoms with Crippen molar-refractivity contribution in [2.45, 2.75) is 63.5 Å². The molecule has 4 nitrogen and oxygen atoms in total. The van der Waals surface area contributed by atoms with Gasteiger partial charge in [0, 0.05) is 5.92 Å². The molecule has 0 bridgehead atoms. The third-order valence-corrected chi connectivity index (χ3v) is 4.61. The maximum absolute atomic E-state index is 12.3. The molecule has 0 saturated heterocycles. The number of amides is 1. The number of aliphatic hydroxyl groups is 1. The summed E-state index contributed by atoms with van der Waals surface area (Å²) in [5, 5.41) is 13.0. The molecule has 2 rings (SSSR count). The van der Waals surface area contributed by atoms with E-state index in [1.807, 2.05) is 0 Å². The van der Waals surface area contributed by atoms with Gasteiger partial charge in [0.1, 0.15) is 0 Å². The van der Waals surface area contributed by atoms with Crippen LogP contribution in [0.1, 0.15) is 51.4 Å². The molecule has 0 heterocycles.